The summed E-state index contributed by atoms with van der Waals surface area (Å²) in [5, 5.41) is 3.52. The Labute approximate surface area is 125 Å². The molecule has 1 saturated carbocycles. The predicted molar refractivity (Wildman–Crippen MR) is 81.5 cm³/mol. The van der Waals surface area contributed by atoms with Crippen molar-refractivity contribution in [1.29, 1.82) is 0 Å². The minimum Gasteiger partial charge on any atom is -0.381 e. The van der Waals surface area contributed by atoms with Gasteiger partial charge in [0.2, 0.25) is 0 Å². The van der Waals surface area contributed by atoms with Crippen LogP contribution in [0.1, 0.15) is 42.6 Å². The van der Waals surface area contributed by atoms with E-state index in [-0.39, 0.29) is 5.91 Å². The Morgan fingerprint density at radius 2 is 1.95 bits per heavy atom. The number of morpholine rings is 1. The number of rotatable bonds is 3. The van der Waals surface area contributed by atoms with Gasteiger partial charge in [0.05, 0.1) is 25.1 Å². The van der Waals surface area contributed by atoms with Crippen molar-refractivity contribution in [3.05, 3.63) is 24.0 Å². The topological polar surface area (TPSA) is 54.5 Å². The van der Waals surface area contributed by atoms with Crippen LogP contribution in [0.2, 0.25) is 0 Å². The molecule has 2 fully saturated rings. The molecule has 1 amide bonds. The minimum atomic E-state index is 0.00233. The number of nitrogens with one attached hydrogen (secondary N) is 1. The van der Waals surface area contributed by atoms with E-state index in [1.165, 1.54) is 32.1 Å². The van der Waals surface area contributed by atoms with Crippen LogP contribution in [0.15, 0.2) is 18.3 Å². The predicted octanol–water partition coefficient (Wildman–Crippen LogP) is 2.30. The highest BCUT2D eigenvalue weighted by molar-refractivity contribution is 5.92. The number of hydrogen-bond acceptors (Lipinski definition) is 4. The maximum Gasteiger partial charge on any atom is 0.272 e. The maximum atomic E-state index is 12.3. The highest BCUT2D eigenvalue weighted by atomic mass is 16.5. The summed E-state index contributed by atoms with van der Waals surface area (Å²) in [5.74, 6) is 0.00233. The van der Waals surface area contributed by atoms with Crippen LogP contribution < -0.4 is 5.32 Å². The van der Waals surface area contributed by atoms with E-state index in [0.29, 0.717) is 38.0 Å². The fourth-order valence-electron chi connectivity index (χ4n) is 3.02. The highest BCUT2D eigenvalue weighted by Crippen LogP contribution is 2.21. The Morgan fingerprint density at radius 3 is 2.62 bits per heavy atom. The molecule has 0 aromatic carbocycles. The zero-order chi connectivity index (χ0) is 14.5. The molecule has 21 heavy (non-hydrogen) atoms. The number of carbonyl (C=O) groups excluding carboxylic acids is 1. The molecule has 5 heteroatoms. The van der Waals surface area contributed by atoms with Gasteiger partial charge in [0.25, 0.3) is 5.91 Å². The van der Waals surface area contributed by atoms with E-state index >= 15 is 0 Å². The van der Waals surface area contributed by atoms with Gasteiger partial charge >= 0.3 is 0 Å². The molecular formula is C16H23N3O2. The standard InChI is InChI=1S/C16H23N3O2/c20-16(19-8-10-21-11-9-19)15-7-6-14(12-17-15)18-13-4-2-1-3-5-13/h6-7,12-13,18H,1-5,8-11H2. The Morgan fingerprint density at radius 1 is 1.19 bits per heavy atom. The monoisotopic (exact) mass is 289 g/mol. The largest absolute Gasteiger partial charge is 0.381 e. The molecule has 0 atom stereocenters. The lowest BCUT2D eigenvalue weighted by molar-refractivity contribution is 0.0299. The van der Waals surface area contributed by atoms with Gasteiger partial charge in [-0.25, -0.2) is 4.98 Å². The Kier molecular flexibility index (Phi) is 4.70. The maximum absolute atomic E-state index is 12.3. The molecule has 1 aromatic heterocycles. The van der Waals surface area contributed by atoms with Crippen molar-refractivity contribution in [2.24, 2.45) is 0 Å². The van der Waals surface area contributed by atoms with Crippen LogP contribution in [0.3, 0.4) is 0 Å². The Bertz CT molecular complexity index is 463. The van der Waals surface area contributed by atoms with Gasteiger partial charge in [-0.15, -0.1) is 0 Å². The normalized spacial score (nSPS) is 20.3. The average molecular weight is 289 g/mol. The molecule has 0 spiro atoms. The molecule has 3 rings (SSSR count). The van der Waals surface area contributed by atoms with E-state index in [4.69, 9.17) is 4.74 Å². The summed E-state index contributed by atoms with van der Waals surface area (Å²) in [4.78, 5) is 18.4. The summed E-state index contributed by atoms with van der Waals surface area (Å²) in [6.45, 7) is 2.55. The van der Waals surface area contributed by atoms with Gasteiger partial charge in [-0.05, 0) is 25.0 Å². The summed E-state index contributed by atoms with van der Waals surface area (Å²) >= 11 is 0. The van der Waals surface area contributed by atoms with Crippen molar-refractivity contribution in [3.8, 4) is 0 Å². The third-order valence-electron chi connectivity index (χ3n) is 4.26. The number of nitrogens with zero attached hydrogens (tertiary/aromatic N) is 2. The van der Waals surface area contributed by atoms with E-state index in [1.807, 2.05) is 12.1 Å². The van der Waals surface area contributed by atoms with Gasteiger partial charge in [-0.1, -0.05) is 19.3 Å². The van der Waals surface area contributed by atoms with Crippen LogP contribution in [0.4, 0.5) is 5.69 Å². The van der Waals surface area contributed by atoms with E-state index in [2.05, 4.69) is 10.3 Å². The van der Waals surface area contributed by atoms with Crippen molar-refractivity contribution < 1.29 is 9.53 Å². The van der Waals surface area contributed by atoms with Crippen LogP contribution in [-0.4, -0.2) is 48.1 Å². The number of ether oxygens (including phenoxy) is 1. The zero-order valence-corrected chi connectivity index (χ0v) is 12.4. The number of aromatic nitrogens is 1. The molecular weight excluding hydrogens is 266 g/mol. The second kappa shape index (κ2) is 6.89. The number of hydrogen-bond donors (Lipinski definition) is 1. The first-order chi connectivity index (χ1) is 10.3. The molecule has 0 bridgehead atoms. The van der Waals surface area contributed by atoms with Crippen LogP contribution in [-0.2, 0) is 4.74 Å². The average Bonchev–Trinajstić information content (AvgIpc) is 2.57. The van der Waals surface area contributed by atoms with Crippen LogP contribution >= 0.6 is 0 Å². The molecule has 0 radical (unpaired) electrons. The van der Waals surface area contributed by atoms with Crippen molar-refractivity contribution >= 4 is 11.6 Å². The van der Waals surface area contributed by atoms with Crippen molar-refractivity contribution in [3.63, 3.8) is 0 Å². The lowest BCUT2D eigenvalue weighted by atomic mass is 9.95. The smallest absolute Gasteiger partial charge is 0.272 e. The lowest BCUT2D eigenvalue weighted by Crippen LogP contribution is -2.41. The summed E-state index contributed by atoms with van der Waals surface area (Å²) in [6, 6.07) is 4.35. The molecule has 2 aliphatic rings. The van der Waals surface area contributed by atoms with Gasteiger partial charge in [-0.3, -0.25) is 4.79 Å². The molecule has 0 unspecified atom stereocenters. The summed E-state index contributed by atoms with van der Waals surface area (Å²) < 4.78 is 5.27. The fourth-order valence-corrected chi connectivity index (χ4v) is 3.02. The minimum absolute atomic E-state index is 0.00233. The quantitative estimate of drug-likeness (QED) is 0.927. The van der Waals surface area contributed by atoms with E-state index in [9.17, 15) is 4.79 Å². The first kappa shape index (κ1) is 14.3. The van der Waals surface area contributed by atoms with Crippen LogP contribution in [0.25, 0.3) is 0 Å². The van der Waals surface area contributed by atoms with Gasteiger partial charge < -0.3 is 15.0 Å². The second-order valence-electron chi connectivity index (χ2n) is 5.82. The van der Waals surface area contributed by atoms with E-state index in [1.54, 1.807) is 11.1 Å². The molecule has 1 N–H and O–H groups in total. The van der Waals surface area contributed by atoms with Gasteiger partial charge in [0, 0.05) is 19.1 Å². The number of pyridine rings is 1. The van der Waals surface area contributed by atoms with Gasteiger partial charge in [0.1, 0.15) is 5.69 Å². The molecule has 1 aromatic rings. The van der Waals surface area contributed by atoms with Crippen molar-refractivity contribution in [2.45, 2.75) is 38.1 Å². The molecule has 1 aliphatic carbocycles. The second-order valence-corrected chi connectivity index (χ2v) is 5.82. The Balaban J connectivity index is 1.59. The molecule has 1 saturated heterocycles. The van der Waals surface area contributed by atoms with Crippen LogP contribution in [0.5, 0.6) is 0 Å². The molecule has 2 heterocycles. The molecule has 1 aliphatic heterocycles. The molecule has 114 valence electrons. The lowest BCUT2D eigenvalue weighted by Gasteiger charge is -2.26. The number of carbonyl (C=O) groups is 1. The van der Waals surface area contributed by atoms with Crippen molar-refractivity contribution in [1.82, 2.24) is 9.88 Å². The number of anilines is 1. The van der Waals surface area contributed by atoms with E-state index < -0.39 is 0 Å². The van der Waals surface area contributed by atoms with Gasteiger partial charge in [0.15, 0.2) is 0 Å². The SMILES string of the molecule is O=C(c1ccc(NC2CCCCC2)cn1)N1CCOCC1. The number of amides is 1. The molecule has 5 nitrogen and oxygen atoms in total. The van der Waals surface area contributed by atoms with E-state index in [0.717, 1.165) is 5.69 Å². The first-order valence-electron chi connectivity index (χ1n) is 7.92. The fraction of sp³-hybridized carbons (Fsp3) is 0.625. The summed E-state index contributed by atoms with van der Waals surface area (Å²) in [5.41, 5.74) is 1.53. The summed E-state index contributed by atoms with van der Waals surface area (Å²) in [7, 11) is 0. The Hall–Kier alpha value is -1.62. The third-order valence-corrected chi connectivity index (χ3v) is 4.26. The summed E-state index contributed by atoms with van der Waals surface area (Å²) in [6.07, 6.45) is 8.20. The first-order valence-corrected chi connectivity index (χ1v) is 7.92. The highest BCUT2D eigenvalue weighted by Gasteiger charge is 2.19. The van der Waals surface area contributed by atoms with Crippen molar-refractivity contribution in [2.75, 3.05) is 31.6 Å². The third kappa shape index (κ3) is 3.73. The zero-order valence-electron chi connectivity index (χ0n) is 12.4. The van der Waals surface area contributed by atoms with Gasteiger partial charge in [-0.2, -0.15) is 0 Å². The van der Waals surface area contributed by atoms with Crippen LogP contribution in [0, 0.1) is 0 Å².